The zero-order valence-corrected chi connectivity index (χ0v) is 11.0. The summed E-state index contributed by atoms with van der Waals surface area (Å²) < 4.78 is 5.16. The molecular weight excluding hydrogens is 244 g/mol. The van der Waals surface area contributed by atoms with Gasteiger partial charge in [0, 0.05) is 18.3 Å². The molecule has 0 spiro atoms. The Morgan fingerprint density at radius 2 is 2.11 bits per heavy atom. The molecule has 0 radical (unpaired) electrons. The number of aliphatic hydroxyl groups is 1. The summed E-state index contributed by atoms with van der Waals surface area (Å²) in [4.78, 5) is 18.7. The molecule has 102 valence electrons. The van der Waals surface area contributed by atoms with Gasteiger partial charge in [0.25, 0.3) is 5.91 Å². The molecule has 3 rings (SSSR count). The number of methoxy groups -OCH3 is 1. The Bertz CT molecular complexity index is 477. The molecule has 19 heavy (non-hydrogen) atoms. The summed E-state index contributed by atoms with van der Waals surface area (Å²) in [5.74, 6) is 0.349. The average Bonchev–Trinajstić information content (AvgIpc) is 2.70. The molecule has 2 unspecified atom stereocenters. The predicted molar refractivity (Wildman–Crippen MR) is 69.0 cm³/mol. The molecule has 1 amide bonds. The number of aliphatic hydroxyl groups excluding tert-OH is 1. The van der Waals surface area contributed by atoms with Crippen LogP contribution in [-0.2, 0) is 0 Å². The maximum atomic E-state index is 12.7. The lowest BCUT2D eigenvalue weighted by molar-refractivity contribution is 0.0284. The predicted octanol–water partition coefficient (Wildman–Crippen LogP) is 1.22. The first-order valence-electron chi connectivity index (χ1n) is 6.70. The molecule has 2 bridgehead atoms. The van der Waals surface area contributed by atoms with Crippen molar-refractivity contribution in [3.8, 4) is 5.88 Å². The second-order valence-corrected chi connectivity index (χ2v) is 5.28. The zero-order chi connectivity index (χ0) is 13.4. The monoisotopic (exact) mass is 262 g/mol. The summed E-state index contributed by atoms with van der Waals surface area (Å²) in [6.07, 6.45) is 4.68. The Morgan fingerprint density at radius 3 is 2.74 bits per heavy atom. The summed E-state index contributed by atoms with van der Waals surface area (Å²) in [5.41, 5.74) is 0.512. The van der Waals surface area contributed by atoms with Crippen LogP contribution in [0.1, 0.15) is 36.0 Å². The van der Waals surface area contributed by atoms with Gasteiger partial charge in [-0.25, -0.2) is 4.98 Å². The third kappa shape index (κ3) is 2.08. The molecule has 5 nitrogen and oxygen atoms in total. The molecule has 2 atom stereocenters. The normalized spacial score (nSPS) is 29.4. The largest absolute Gasteiger partial charge is 0.480 e. The van der Waals surface area contributed by atoms with Crippen molar-refractivity contribution < 1.29 is 14.6 Å². The first kappa shape index (κ1) is 12.4. The van der Waals surface area contributed by atoms with E-state index in [9.17, 15) is 9.90 Å². The molecule has 0 aromatic carbocycles. The molecular formula is C14H18N2O3. The number of hydrogen-bond acceptors (Lipinski definition) is 4. The van der Waals surface area contributed by atoms with Crippen molar-refractivity contribution in [1.82, 2.24) is 9.88 Å². The third-order valence-corrected chi connectivity index (χ3v) is 4.14. The number of pyridine rings is 1. The van der Waals surface area contributed by atoms with E-state index in [1.54, 1.807) is 18.3 Å². The fourth-order valence-electron chi connectivity index (χ4n) is 3.34. The molecule has 5 heteroatoms. The van der Waals surface area contributed by atoms with Crippen LogP contribution in [0.25, 0.3) is 0 Å². The van der Waals surface area contributed by atoms with Gasteiger partial charge >= 0.3 is 0 Å². The van der Waals surface area contributed by atoms with Crippen LogP contribution in [0.2, 0.25) is 0 Å². The third-order valence-electron chi connectivity index (χ3n) is 4.14. The number of nitrogens with zero attached hydrogens (tertiary/aromatic N) is 2. The van der Waals surface area contributed by atoms with Crippen LogP contribution in [0, 0.1) is 0 Å². The number of carbonyl (C=O) groups is 1. The second kappa shape index (κ2) is 4.81. The minimum atomic E-state index is -0.266. The SMILES string of the molecule is COc1ncccc1C(=O)N1C2CCC1CC(O)C2. The van der Waals surface area contributed by atoms with E-state index in [2.05, 4.69) is 4.98 Å². The topological polar surface area (TPSA) is 62.7 Å². The second-order valence-electron chi connectivity index (χ2n) is 5.28. The van der Waals surface area contributed by atoms with Gasteiger partial charge in [0.15, 0.2) is 0 Å². The Hall–Kier alpha value is -1.62. The number of aromatic nitrogens is 1. The van der Waals surface area contributed by atoms with Crippen LogP contribution < -0.4 is 4.74 Å². The molecule has 0 saturated carbocycles. The van der Waals surface area contributed by atoms with Crippen molar-refractivity contribution in [2.75, 3.05) is 7.11 Å². The van der Waals surface area contributed by atoms with E-state index in [4.69, 9.17) is 4.74 Å². The number of fused-ring (bicyclic) bond motifs is 2. The lowest BCUT2D eigenvalue weighted by atomic mass is 9.99. The van der Waals surface area contributed by atoms with Gasteiger partial charge < -0.3 is 14.7 Å². The van der Waals surface area contributed by atoms with Crippen molar-refractivity contribution in [3.63, 3.8) is 0 Å². The molecule has 3 heterocycles. The van der Waals surface area contributed by atoms with E-state index in [0.29, 0.717) is 24.3 Å². The van der Waals surface area contributed by atoms with Crippen molar-refractivity contribution in [2.24, 2.45) is 0 Å². The highest BCUT2D eigenvalue weighted by atomic mass is 16.5. The van der Waals surface area contributed by atoms with Gasteiger partial charge in [0.2, 0.25) is 5.88 Å². The van der Waals surface area contributed by atoms with Crippen molar-refractivity contribution in [1.29, 1.82) is 0 Å². The van der Waals surface area contributed by atoms with Crippen LogP contribution in [0.15, 0.2) is 18.3 Å². The van der Waals surface area contributed by atoms with Gasteiger partial charge in [-0.1, -0.05) is 0 Å². The molecule has 1 N–H and O–H groups in total. The lowest BCUT2D eigenvalue weighted by Gasteiger charge is -2.37. The standard InChI is InChI=1S/C14H18N2O3/c1-19-13-12(3-2-6-15-13)14(18)16-9-4-5-10(16)8-11(17)7-9/h2-3,6,9-11,17H,4-5,7-8H2,1H3. The summed E-state index contributed by atoms with van der Waals surface area (Å²) in [5, 5.41) is 9.79. The van der Waals surface area contributed by atoms with Gasteiger partial charge in [-0.15, -0.1) is 0 Å². The van der Waals surface area contributed by atoms with E-state index in [0.717, 1.165) is 12.8 Å². The Labute approximate surface area is 112 Å². The Kier molecular flexibility index (Phi) is 3.14. The smallest absolute Gasteiger partial charge is 0.259 e. The van der Waals surface area contributed by atoms with Gasteiger partial charge in [-0.05, 0) is 37.8 Å². The van der Waals surface area contributed by atoms with Gasteiger partial charge in [-0.2, -0.15) is 0 Å². The van der Waals surface area contributed by atoms with Crippen molar-refractivity contribution in [2.45, 2.75) is 43.9 Å². The fraction of sp³-hybridized carbons (Fsp3) is 0.571. The summed E-state index contributed by atoms with van der Waals surface area (Å²) >= 11 is 0. The van der Waals surface area contributed by atoms with Crippen LogP contribution in [0.4, 0.5) is 0 Å². The molecule has 1 aromatic rings. The van der Waals surface area contributed by atoms with E-state index < -0.39 is 0 Å². The zero-order valence-electron chi connectivity index (χ0n) is 11.0. The first-order chi connectivity index (χ1) is 9.20. The molecule has 2 aliphatic rings. The Morgan fingerprint density at radius 1 is 1.42 bits per heavy atom. The van der Waals surface area contributed by atoms with Crippen LogP contribution in [-0.4, -0.2) is 46.2 Å². The van der Waals surface area contributed by atoms with Gasteiger partial charge in [0.05, 0.1) is 13.2 Å². The number of hydrogen-bond donors (Lipinski definition) is 1. The summed E-state index contributed by atoms with van der Waals surface area (Å²) in [7, 11) is 1.52. The highest BCUT2D eigenvalue weighted by molar-refractivity contribution is 5.97. The fourth-order valence-corrected chi connectivity index (χ4v) is 3.34. The van der Waals surface area contributed by atoms with Gasteiger partial charge in [-0.3, -0.25) is 4.79 Å². The maximum absolute atomic E-state index is 12.7. The van der Waals surface area contributed by atoms with Crippen LogP contribution in [0.5, 0.6) is 5.88 Å². The number of amides is 1. The van der Waals surface area contributed by atoms with E-state index in [1.807, 2.05) is 4.90 Å². The average molecular weight is 262 g/mol. The number of carbonyl (C=O) groups excluding carboxylic acids is 1. The molecule has 0 aliphatic carbocycles. The first-order valence-corrected chi connectivity index (χ1v) is 6.70. The van der Waals surface area contributed by atoms with Crippen molar-refractivity contribution >= 4 is 5.91 Å². The van der Waals surface area contributed by atoms with Gasteiger partial charge in [0.1, 0.15) is 5.56 Å². The van der Waals surface area contributed by atoms with Crippen LogP contribution in [0.3, 0.4) is 0 Å². The maximum Gasteiger partial charge on any atom is 0.259 e. The number of ether oxygens (including phenoxy) is 1. The minimum absolute atomic E-state index is 0.0237. The lowest BCUT2D eigenvalue weighted by Crippen LogP contribution is -2.48. The Balaban J connectivity index is 1.89. The molecule has 2 fully saturated rings. The number of rotatable bonds is 2. The highest BCUT2D eigenvalue weighted by Gasteiger charge is 2.43. The minimum Gasteiger partial charge on any atom is -0.480 e. The van der Waals surface area contributed by atoms with E-state index >= 15 is 0 Å². The summed E-state index contributed by atoms with van der Waals surface area (Å²) in [6.45, 7) is 0. The summed E-state index contributed by atoms with van der Waals surface area (Å²) in [6, 6.07) is 3.81. The quantitative estimate of drug-likeness (QED) is 0.870. The van der Waals surface area contributed by atoms with Crippen LogP contribution >= 0.6 is 0 Å². The molecule has 2 aliphatic heterocycles. The van der Waals surface area contributed by atoms with E-state index in [1.165, 1.54) is 7.11 Å². The highest BCUT2D eigenvalue weighted by Crippen LogP contribution is 2.37. The molecule has 1 aromatic heterocycles. The van der Waals surface area contributed by atoms with E-state index in [-0.39, 0.29) is 24.1 Å². The van der Waals surface area contributed by atoms with Crippen molar-refractivity contribution in [3.05, 3.63) is 23.9 Å². The number of piperidine rings is 1. The molecule has 2 saturated heterocycles.